The van der Waals surface area contributed by atoms with E-state index in [0.29, 0.717) is 5.56 Å². The lowest BCUT2D eigenvalue weighted by Gasteiger charge is -2.06. The number of nitriles is 1. The highest BCUT2D eigenvalue weighted by Crippen LogP contribution is 2.37. The third kappa shape index (κ3) is 2.08. The van der Waals surface area contributed by atoms with Crippen LogP contribution in [0.4, 0.5) is 0 Å². The van der Waals surface area contributed by atoms with Gasteiger partial charge in [0.1, 0.15) is 18.2 Å². The first kappa shape index (κ1) is 14.5. The van der Waals surface area contributed by atoms with Crippen molar-refractivity contribution in [3.63, 3.8) is 0 Å². The summed E-state index contributed by atoms with van der Waals surface area (Å²) in [4.78, 5) is 0. The van der Waals surface area contributed by atoms with Crippen LogP contribution in [0.1, 0.15) is 16.7 Å². The smallest absolute Gasteiger partial charge is 0.216 e. The molecule has 0 aliphatic carbocycles. The van der Waals surface area contributed by atoms with Crippen LogP contribution in [0.15, 0.2) is 53.1 Å². The molecular formula is C21H17N2O+. The molecule has 0 aliphatic rings. The summed E-state index contributed by atoms with van der Waals surface area (Å²) < 4.78 is 8.31. The molecule has 4 rings (SSSR count). The van der Waals surface area contributed by atoms with Crippen LogP contribution in [0.5, 0.6) is 0 Å². The van der Waals surface area contributed by atoms with Gasteiger partial charge in [0, 0.05) is 22.9 Å². The zero-order chi connectivity index (χ0) is 16.8. The molecule has 0 saturated carbocycles. The number of pyridine rings is 1. The lowest BCUT2D eigenvalue weighted by molar-refractivity contribution is -0.660. The van der Waals surface area contributed by atoms with Gasteiger partial charge in [-0.15, -0.1) is 0 Å². The molecule has 0 aliphatic heterocycles. The van der Waals surface area contributed by atoms with E-state index >= 15 is 0 Å². The topological polar surface area (TPSA) is 40.8 Å². The Bertz CT molecular complexity index is 1150. The number of benzene rings is 2. The van der Waals surface area contributed by atoms with E-state index in [0.717, 1.165) is 33.2 Å². The molecular weight excluding hydrogens is 296 g/mol. The fraction of sp³-hybridized carbons (Fsp3) is 0.143. The van der Waals surface area contributed by atoms with Gasteiger partial charge in [0.05, 0.1) is 17.2 Å². The maximum atomic E-state index is 9.12. The van der Waals surface area contributed by atoms with Gasteiger partial charge in [-0.1, -0.05) is 12.1 Å². The first-order valence-electron chi connectivity index (χ1n) is 7.91. The number of aryl methyl sites for hydroxylation is 3. The van der Waals surface area contributed by atoms with Gasteiger partial charge in [-0.25, -0.2) is 4.57 Å². The highest BCUT2D eigenvalue weighted by atomic mass is 16.3. The van der Waals surface area contributed by atoms with Crippen molar-refractivity contribution >= 4 is 21.9 Å². The van der Waals surface area contributed by atoms with E-state index in [-0.39, 0.29) is 0 Å². The van der Waals surface area contributed by atoms with Crippen molar-refractivity contribution in [2.45, 2.75) is 13.8 Å². The van der Waals surface area contributed by atoms with Crippen molar-refractivity contribution in [1.29, 1.82) is 5.26 Å². The number of fused-ring (bicyclic) bond motifs is 3. The molecule has 2 aromatic heterocycles. The Hall–Kier alpha value is -3.12. The summed E-state index contributed by atoms with van der Waals surface area (Å²) in [5, 5.41) is 11.2. The first-order chi connectivity index (χ1) is 11.6. The van der Waals surface area contributed by atoms with Crippen LogP contribution in [0.25, 0.3) is 33.2 Å². The molecule has 0 amide bonds. The Morgan fingerprint density at radius 1 is 1.00 bits per heavy atom. The van der Waals surface area contributed by atoms with Crippen molar-refractivity contribution in [3.05, 3.63) is 65.4 Å². The Labute approximate surface area is 140 Å². The van der Waals surface area contributed by atoms with E-state index in [4.69, 9.17) is 9.68 Å². The number of nitrogens with zero attached hydrogens (tertiary/aromatic N) is 2. The standard InChI is InChI=1S/C21H17N2O/c1-13-8-9-23(3)18(10-13)20-14(2)4-6-17-16-7-5-15(12-22)11-19(16)24-21(17)20/h4-11H,1-3H3/q+1. The summed E-state index contributed by atoms with van der Waals surface area (Å²) in [6, 6.07) is 16.3. The average molecular weight is 313 g/mol. The summed E-state index contributed by atoms with van der Waals surface area (Å²) in [5.74, 6) is 0. The lowest BCUT2D eigenvalue weighted by Crippen LogP contribution is -2.30. The van der Waals surface area contributed by atoms with Gasteiger partial charge in [0.2, 0.25) is 5.69 Å². The summed E-state index contributed by atoms with van der Waals surface area (Å²) in [6.07, 6.45) is 2.07. The Morgan fingerprint density at radius 3 is 2.58 bits per heavy atom. The van der Waals surface area contributed by atoms with Gasteiger partial charge < -0.3 is 4.42 Å². The molecule has 4 aromatic rings. The fourth-order valence-electron chi connectivity index (χ4n) is 3.25. The molecule has 0 fully saturated rings. The third-order valence-corrected chi connectivity index (χ3v) is 4.54. The predicted molar refractivity (Wildman–Crippen MR) is 94.5 cm³/mol. The second-order valence-corrected chi connectivity index (χ2v) is 6.26. The third-order valence-electron chi connectivity index (χ3n) is 4.54. The summed E-state index contributed by atoms with van der Waals surface area (Å²) in [6.45, 7) is 4.20. The second kappa shape index (κ2) is 5.21. The Balaban J connectivity index is 2.13. The van der Waals surface area contributed by atoms with E-state index in [2.05, 4.69) is 54.9 Å². The second-order valence-electron chi connectivity index (χ2n) is 6.26. The number of hydrogen-bond acceptors (Lipinski definition) is 2. The van der Waals surface area contributed by atoms with Gasteiger partial charge in [-0.2, -0.15) is 5.26 Å². The molecule has 2 aromatic carbocycles. The van der Waals surface area contributed by atoms with Gasteiger partial charge in [0.15, 0.2) is 6.20 Å². The van der Waals surface area contributed by atoms with Gasteiger partial charge in [-0.3, -0.25) is 0 Å². The Kier molecular flexibility index (Phi) is 3.14. The number of hydrogen-bond donors (Lipinski definition) is 0. The predicted octanol–water partition coefficient (Wildman–Crippen LogP) is 4.57. The molecule has 116 valence electrons. The molecule has 2 heterocycles. The van der Waals surface area contributed by atoms with Crippen LogP contribution < -0.4 is 4.57 Å². The maximum absolute atomic E-state index is 9.12. The van der Waals surface area contributed by atoms with Crippen LogP contribution >= 0.6 is 0 Å². The zero-order valence-corrected chi connectivity index (χ0v) is 13.9. The first-order valence-corrected chi connectivity index (χ1v) is 7.91. The van der Waals surface area contributed by atoms with Crippen molar-refractivity contribution < 1.29 is 8.98 Å². The number of furan rings is 1. The van der Waals surface area contributed by atoms with Crippen LogP contribution in [-0.2, 0) is 7.05 Å². The van der Waals surface area contributed by atoms with Crippen LogP contribution in [-0.4, -0.2) is 0 Å². The molecule has 0 saturated heterocycles. The molecule has 3 nitrogen and oxygen atoms in total. The fourth-order valence-corrected chi connectivity index (χ4v) is 3.25. The molecule has 0 radical (unpaired) electrons. The van der Waals surface area contributed by atoms with Crippen LogP contribution in [0, 0.1) is 25.2 Å². The number of aromatic nitrogens is 1. The normalized spacial score (nSPS) is 11.1. The average Bonchev–Trinajstić information content (AvgIpc) is 2.94. The molecule has 24 heavy (non-hydrogen) atoms. The number of rotatable bonds is 1. The molecule has 0 unspecified atom stereocenters. The highest BCUT2D eigenvalue weighted by molar-refractivity contribution is 6.09. The monoisotopic (exact) mass is 313 g/mol. The summed E-state index contributed by atoms with van der Waals surface area (Å²) in [7, 11) is 2.05. The molecule has 0 bridgehead atoms. The van der Waals surface area contributed by atoms with E-state index in [1.807, 2.05) is 25.2 Å². The van der Waals surface area contributed by atoms with E-state index in [1.54, 1.807) is 0 Å². The minimum atomic E-state index is 0.612. The minimum absolute atomic E-state index is 0.612. The van der Waals surface area contributed by atoms with Gasteiger partial charge in [0.25, 0.3) is 0 Å². The van der Waals surface area contributed by atoms with E-state index < -0.39 is 0 Å². The largest absolute Gasteiger partial charge is 0.455 e. The van der Waals surface area contributed by atoms with Gasteiger partial charge >= 0.3 is 0 Å². The van der Waals surface area contributed by atoms with Crippen molar-refractivity contribution in [2.75, 3.05) is 0 Å². The minimum Gasteiger partial charge on any atom is -0.455 e. The quantitative estimate of drug-likeness (QED) is 0.483. The molecule has 0 spiro atoms. The molecule has 3 heteroatoms. The lowest BCUT2D eigenvalue weighted by atomic mass is 9.99. The van der Waals surface area contributed by atoms with Crippen molar-refractivity contribution in [2.24, 2.45) is 7.05 Å². The SMILES string of the molecule is Cc1cc[n+](C)c(-c2c(C)ccc3c2oc2cc(C#N)ccc23)c1. The highest BCUT2D eigenvalue weighted by Gasteiger charge is 2.20. The van der Waals surface area contributed by atoms with E-state index in [1.165, 1.54) is 11.1 Å². The van der Waals surface area contributed by atoms with Crippen LogP contribution in [0.2, 0.25) is 0 Å². The van der Waals surface area contributed by atoms with E-state index in [9.17, 15) is 0 Å². The summed E-state index contributed by atoms with van der Waals surface area (Å²) >= 11 is 0. The zero-order valence-electron chi connectivity index (χ0n) is 13.9. The van der Waals surface area contributed by atoms with Crippen molar-refractivity contribution in [3.8, 4) is 17.3 Å². The molecule has 0 N–H and O–H groups in total. The van der Waals surface area contributed by atoms with Gasteiger partial charge in [-0.05, 0) is 43.2 Å². The maximum Gasteiger partial charge on any atom is 0.216 e. The van der Waals surface area contributed by atoms with Crippen molar-refractivity contribution in [1.82, 2.24) is 0 Å². The molecule has 0 atom stereocenters. The summed E-state index contributed by atoms with van der Waals surface area (Å²) in [5.41, 5.74) is 6.85. The van der Waals surface area contributed by atoms with Crippen LogP contribution in [0.3, 0.4) is 0 Å². The Morgan fingerprint density at radius 2 is 1.79 bits per heavy atom.